The molecule has 1 saturated carbocycles. The first-order chi connectivity index (χ1) is 11.2. The van der Waals surface area contributed by atoms with Gasteiger partial charge in [0.05, 0.1) is 18.2 Å². The van der Waals surface area contributed by atoms with Gasteiger partial charge < -0.3 is 19.4 Å². The van der Waals surface area contributed by atoms with Gasteiger partial charge in [0, 0.05) is 32.5 Å². The largest absolute Gasteiger partial charge is 0.380 e. The Morgan fingerprint density at radius 1 is 1.35 bits per heavy atom. The van der Waals surface area contributed by atoms with Gasteiger partial charge in [0.1, 0.15) is 12.4 Å². The van der Waals surface area contributed by atoms with Gasteiger partial charge in [-0.25, -0.2) is 4.98 Å². The molecule has 6 nitrogen and oxygen atoms in total. The lowest BCUT2D eigenvalue weighted by Crippen LogP contribution is -2.36. The third-order valence-corrected chi connectivity index (χ3v) is 5.16. The van der Waals surface area contributed by atoms with Crippen molar-refractivity contribution in [3.8, 4) is 0 Å². The maximum Gasteiger partial charge on any atom is 0.249 e. The van der Waals surface area contributed by atoms with Crippen LogP contribution in [0.5, 0.6) is 0 Å². The average molecular weight is 321 g/mol. The highest BCUT2D eigenvalue weighted by Crippen LogP contribution is 2.32. The number of amides is 1. The molecule has 23 heavy (non-hydrogen) atoms. The molecule has 0 aromatic carbocycles. The number of ether oxygens (including phenoxy) is 2. The minimum atomic E-state index is -0.0440. The minimum absolute atomic E-state index is 0.0320. The van der Waals surface area contributed by atoms with Crippen molar-refractivity contribution in [1.29, 1.82) is 0 Å². The Balaban J connectivity index is 1.56. The fraction of sp³-hybridized carbons (Fsp3) is 0.765. The zero-order valence-electron chi connectivity index (χ0n) is 14.0. The molecule has 1 saturated heterocycles. The standard InChI is InChI=1S/C17H27N3O3/c1-12-3-5-13(6-4-12)23-11-16(21)20-10-14(22-2)9-15(20)17-18-7-8-19-17/h7-8,12-15H,3-6,9-11H2,1-2H3,(H,18,19)/t12?,13?,14-,15?/m1/s1. The van der Waals surface area contributed by atoms with E-state index in [1.54, 1.807) is 19.5 Å². The molecule has 128 valence electrons. The van der Waals surface area contributed by atoms with E-state index in [4.69, 9.17) is 9.47 Å². The molecule has 1 N–H and O–H groups in total. The van der Waals surface area contributed by atoms with E-state index in [1.165, 1.54) is 12.8 Å². The third kappa shape index (κ3) is 3.93. The highest BCUT2D eigenvalue weighted by Gasteiger charge is 2.37. The maximum absolute atomic E-state index is 12.6. The highest BCUT2D eigenvalue weighted by molar-refractivity contribution is 5.78. The lowest BCUT2D eigenvalue weighted by Gasteiger charge is -2.28. The molecule has 3 rings (SSSR count). The lowest BCUT2D eigenvalue weighted by atomic mass is 9.89. The highest BCUT2D eigenvalue weighted by atomic mass is 16.5. The van der Waals surface area contributed by atoms with Crippen molar-refractivity contribution in [3.63, 3.8) is 0 Å². The van der Waals surface area contributed by atoms with Crippen LogP contribution in [0.2, 0.25) is 0 Å². The number of H-pyrrole nitrogens is 1. The van der Waals surface area contributed by atoms with E-state index < -0.39 is 0 Å². The number of hydrogen-bond acceptors (Lipinski definition) is 4. The van der Waals surface area contributed by atoms with E-state index in [9.17, 15) is 4.79 Å². The van der Waals surface area contributed by atoms with Crippen LogP contribution in [-0.2, 0) is 14.3 Å². The van der Waals surface area contributed by atoms with Crippen molar-refractivity contribution in [2.45, 2.75) is 57.3 Å². The Hall–Kier alpha value is -1.40. The number of likely N-dealkylation sites (tertiary alicyclic amines) is 1. The number of aromatic amines is 1. The number of carbonyl (C=O) groups excluding carboxylic acids is 1. The SMILES string of the molecule is CO[C@@H]1CC(c2ncc[nH]2)N(C(=O)COC2CCC(C)CC2)C1. The van der Waals surface area contributed by atoms with E-state index in [0.29, 0.717) is 6.54 Å². The molecule has 1 aromatic heterocycles. The first kappa shape index (κ1) is 16.5. The van der Waals surface area contributed by atoms with Crippen LogP contribution >= 0.6 is 0 Å². The van der Waals surface area contributed by atoms with Gasteiger partial charge in [0.2, 0.25) is 5.91 Å². The molecular formula is C17H27N3O3. The molecule has 1 amide bonds. The molecule has 2 fully saturated rings. The molecule has 6 heteroatoms. The summed E-state index contributed by atoms with van der Waals surface area (Å²) in [5.41, 5.74) is 0. The smallest absolute Gasteiger partial charge is 0.249 e. The van der Waals surface area contributed by atoms with E-state index in [2.05, 4.69) is 16.9 Å². The fourth-order valence-electron chi connectivity index (χ4n) is 3.63. The summed E-state index contributed by atoms with van der Waals surface area (Å²) in [6.07, 6.45) is 9.11. The van der Waals surface area contributed by atoms with Crippen LogP contribution in [-0.4, -0.2) is 53.2 Å². The van der Waals surface area contributed by atoms with Gasteiger partial charge in [0.25, 0.3) is 0 Å². The number of imidazole rings is 1. The van der Waals surface area contributed by atoms with Crippen molar-refractivity contribution >= 4 is 5.91 Å². The fourth-order valence-corrected chi connectivity index (χ4v) is 3.63. The summed E-state index contributed by atoms with van der Waals surface area (Å²) in [5, 5.41) is 0. The first-order valence-electron chi connectivity index (χ1n) is 8.60. The zero-order valence-corrected chi connectivity index (χ0v) is 14.0. The monoisotopic (exact) mass is 321 g/mol. The summed E-state index contributed by atoms with van der Waals surface area (Å²) in [6, 6.07) is -0.0440. The van der Waals surface area contributed by atoms with Gasteiger partial charge in [-0.15, -0.1) is 0 Å². The summed E-state index contributed by atoms with van der Waals surface area (Å²) >= 11 is 0. The summed E-state index contributed by atoms with van der Waals surface area (Å²) in [7, 11) is 1.69. The Morgan fingerprint density at radius 2 is 2.13 bits per heavy atom. The number of rotatable bonds is 5. The molecule has 1 aliphatic carbocycles. The Bertz CT molecular complexity index is 497. The van der Waals surface area contributed by atoms with Gasteiger partial charge in [-0.2, -0.15) is 0 Å². The number of aromatic nitrogens is 2. The molecule has 0 radical (unpaired) electrons. The van der Waals surface area contributed by atoms with Gasteiger partial charge in [-0.3, -0.25) is 4.79 Å². The van der Waals surface area contributed by atoms with Gasteiger partial charge in [-0.1, -0.05) is 6.92 Å². The van der Waals surface area contributed by atoms with Crippen molar-refractivity contribution in [3.05, 3.63) is 18.2 Å². The lowest BCUT2D eigenvalue weighted by molar-refractivity contribution is -0.140. The predicted octanol–water partition coefficient (Wildman–Crippen LogP) is 2.29. The molecule has 2 aliphatic rings. The van der Waals surface area contributed by atoms with E-state index >= 15 is 0 Å². The molecule has 0 bridgehead atoms. The first-order valence-corrected chi connectivity index (χ1v) is 8.60. The van der Waals surface area contributed by atoms with Crippen LogP contribution in [0.25, 0.3) is 0 Å². The molecule has 2 atom stereocenters. The summed E-state index contributed by atoms with van der Waals surface area (Å²) in [4.78, 5) is 21.9. The second kappa shape index (κ2) is 7.45. The maximum atomic E-state index is 12.6. The summed E-state index contributed by atoms with van der Waals surface area (Å²) in [6.45, 7) is 3.04. The van der Waals surface area contributed by atoms with Crippen molar-refractivity contribution in [2.24, 2.45) is 5.92 Å². The van der Waals surface area contributed by atoms with Gasteiger partial charge in [-0.05, 0) is 31.6 Å². The van der Waals surface area contributed by atoms with Crippen molar-refractivity contribution < 1.29 is 14.3 Å². The Morgan fingerprint density at radius 3 is 2.78 bits per heavy atom. The second-order valence-corrected chi connectivity index (χ2v) is 6.82. The Kier molecular flexibility index (Phi) is 5.33. The quantitative estimate of drug-likeness (QED) is 0.903. The van der Waals surface area contributed by atoms with Gasteiger partial charge in [0.15, 0.2) is 0 Å². The number of methoxy groups -OCH3 is 1. The second-order valence-electron chi connectivity index (χ2n) is 6.82. The third-order valence-electron chi connectivity index (χ3n) is 5.16. The molecule has 2 heterocycles. The summed E-state index contributed by atoms with van der Waals surface area (Å²) in [5.74, 6) is 1.64. The van der Waals surface area contributed by atoms with E-state index in [0.717, 1.165) is 31.0 Å². The number of nitrogens with one attached hydrogen (secondary N) is 1. The zero-order chi connectivity index (χ0) is 16.2. The van der Waals surface area contributed by atoms with E-state index in [-0.39, 0.29) is 30.8 Å². The molecular weight excluding hydrogens is 294 g/mol. The molecule has 1 aromatic rings. The van der Waals surface area contributed by atoms with Crippen LogP contribution in [0.4, 0.5) is 0 Å². The normalized spacial score (nSPS) is 31.5. The molecule has 1 unspecified atom stereocenters. The Labute approximate surface area is 137 Å². The minimum Gasteiger partial charge on any atom is -0.380 e. The van der Waals surface area contributed by atoms with Crippen LogP contribution in [0.15, 0.2) is 12.4 Å². The summed E-state index contributed by atoms with van der Waals surface area (Å²) < 4.78 is 11.3. The molecule has 0 spiro atoms. The number of nitrogens with zero attached hydrogens (tertiary/aromatic N) is 2. The predicted molar refractivity (Wildman–Crippen MR) is 85.8 cm³/mol. The van der Waals surface area contributed by atoms with Crippen molar-refractivity contribution in [2.75, 3.05) is 20.3 Å². The topological polar surface area (TPSA) is 67.5 Å². The van der Waals surface area contributed by atoms with Crippen LogP contribution < -0.4 is 0 Å². The number of carbonyl (C=O) groups is 1. The molecule has 1 aliphatic heterocycles. The van der Waals surface area contributed by atoms with Crippen LogP contribution in [0, 0.1) is 5.92 Å². The number of hydrogen-bond donors (Lipinski definition) is 1. The van der Waals surface area contributed by atoms with Gasteiger partial charge >= 0.3 is 0 Å². The average Bonchev–Trinajstić information content (AvgIpc) is 3.22. The van der Waals surface area contributed by atoms with E-state index in [1.807, 2.05) is 4.90 Å². The van der Waals surface area contributed by atoms with Crippen molar-refractivity contribution in [1.82, 2.24) is 14.9 Å². The van der Waals surface area contributed by atoms with Crippen LogP contribution in [0.3, 0.4) is 0 Å². The van der Waals surface area contributed by atoms with Crippen LogP contribution in [0.1, 0.15) is 50.9 Å².